The molecule has 1 aromatic heterocycles. The minimum absolute atomic E-state index is 0.0122. The van der Waals surface area contributed by atoms with Crippen LogP contribution < -0.4 is 5.73 Å². The topological polar surface area (TPSA) is 66.9 Å². The zero-order valence-corrected chi connectivity index (χ0v) is 7.89. The molecule has 4 heteroatoms. The third kappa shape index (κ3) is 2.42. The highest BCUT2D eigenvalue weighted by Crippen LogP contribution is 2.17. The van der Waals surface area contributed by atoms with E-state index in [9.17, 15) is 4.79 Å². The molecule has 1 heterocycles. The van der Waals surface area contributed by atoms with Gasteiger partial charge in [0.2, 0.25) is 0 Å². The molecule has 13 heavy (non-hydrogen) atoms. The van der Waals surface area contributed by atoms with Gasteiger partial charge in [0.1, 0.15) is 11.6 Å². The second-order valence-electron chi connectivity index (χ2n) is 2.48. The molecule has 0 atom stereocenters. The second-order valence-corrected chi connectivity index (χ2v) is 3.80. The second kappa shape index (κ2) is 3.87. The van der Waals surface area contributed by atoms with E-state index in [0.717, 1.165) is 9.75 Å². The molecule has 0 fully saturated rings. The van der Waals surface area contributed by atoms with Gasteiger partial charge in [-0.3, -0.25) is 4.79 Å². The van der Waals surface area contributed by atoms with E-state index in [1.54, 1.807) is 6.07 Å². The van der Waals surface area contributed by atoms with E-state index in [2.05, 4.69) is 0 Å². The van der Waals surface area contributed by atoms with Gasteiger partial charge in [0, 0.05) is 9.75 Å². The third-order valence-corrected chi connectivity index (χ3v) is 2.38. The fourth-order valence-corrected chi connectivity index (χ4v) is 1.65. The van der Waals surface area contributed by atoms with Crippen molar-refractivity contribution >= 4 is 23.3 Å². The van der Waals surface area contributed by atoms with Gasteiger partial charge < -0.3 is 5.73 Å². The molecule has 3 nitrogen and oxygen atoms in total. The van der Waals surface area contributed by atoms with Crippen molar-refractivity contribution in [2.75, 3.05) is 0 Å². The normalized spacial score (nSPS) is 10.9. The van der Waals surface area contributed by atoms with Crippen molar-refractivity contribution in [1.82, 2.24) is 0 Å². The number of hydrogen-bond donors (Lipinski definition) is 1. The number of primary amides is 1. The molecule has 0 aliphatic carbocycles. The molecule has 0 aliphatic rings. The van der Waals surface area contributed by atoms with Crippen LogP contribution in [-0.4, -0.2) is 5.91 Å². The monoisotopic (exact) mass is 192 g/mol. The van der Waals surface area contributed by atoms with Gasteiger partial charge in [-0.05, 0) is 25.1 Å². The Morgan fingerprint density at radius 2 is 2.38 bits per heavy atom. The number of nitriles is 1. The van der Waals surface area contributed by atoms with Crippen LogP contribution in [-0.2, 0) is 4.79 Å². The minimum atomic E-state index is -0.687. The van der Waals surface area contributed by atoms with E-state index in [4.69, 9.17) is 11.0 Å². The molecule has 1 aromatic rings. The number of carbonyl (C=O) groups is 1. The van der Waals surface area contributed by atoms with Gasteiger partial charge in [0.15, 0.2) is 0 Å². The smallest absolute Gasteiger partial charge is 0.259 e. The SMILES string of the molecule is Cc1ccc(/C=C(\C#N)C(N)=O)s1. The molecule has 0 aliphatic heterocycles. The number of carbonyl (C=O) groups excluding carboxylic acids is 1. The predicted molar refractivity (Wildman–Crippen MR) is 51.8 cm³/mol. The first-order chi connectivity index (χ1) is 6.13. The summed E-state index contributed by atoms with van der Waals surface area (Å²) in [6.45, 7) is 1.96. The number of nitrogens with zero attached hydrogens (tertiary/aromatic N) is 1. The highest BCUT2D eigenvalue weighted by atomic mass is 32.1. The maximum Gasteiger partial charge on any atom is 0.259 e. The average Bonchev–Trinajstić information content (AvgIpc) is 2.46. The van der Waals surface area contributed by atoms with Crippen LogP contribution in [0.1, 0.15) is 9.75 Å². The molecule has 0 unspecified atom stereocenters. The summed E-state index contributed by atoms with van der Waals surface area (Å²) in [5.41, 5.74) is 4.96. The van der Waals surface area contributed by atoms with Crippen molar-refractivity contribution in [3.05, 3.63) is 27.5 Å². The maximum atomic E-state index is 10.7. The Morgan fingerprint density at radius 1 is 1.69 bits per heavy atom. The van der Waals surface area contributed by atoms with Crippen LogP contribution in [0.4, 0.5) is 0 Å². The largest absolute Gasteiger partial charge is 0.365 e. The van der Waals surface area contributed by atoms with Gasteiger partial charge >= 0.3 is 0 Å². The van der Waals surface area contributed by atoms with Crippen LogP contribution in [0.15, 0.2) is 17.7 Å². The van der Waals surface area contributed by atoms with Crippen LogP contribution in [0.25, 0.3) is 6.08 Å². The summed E-state index contributed by atoms with van der Waals surface area (Å²) >= 11 is 1.51. The number of aryl methyl sites for hydroxylation is 1. The molecular weight excluding hydrogens is 184 g/mol. The van der Waals surface area contributed by atoms with Crippen molar-refractivity contribution in [3.63, 3.8) is 0 Å². The lowest BCUT2D eigenvalue weighted by molar-refractivity contribution is -0.114. The number of thiophene rings is 1. The fourth-order valence-electron chi connectivity index (χ4n) is 0.832. The predicted octanol–water partition coefficient (Wildman–Crippen LogP) is 1.45. The highest BCUT2D eigenvalue weighted by Gasteiger charge is 2.03. The van der Waals surface area contributed by atoms with Crippen molar-refractivity contribution in [1.29, 1.82) is 5.26 Å². The molecule has 2 N–H and O–H groups in total. The molecule has 0 spiro atoms. The number of amides is 1. The summed E-state index contributed by atoms with van der Waals surface area (Å²) < 4.78 is 0. The first-order valence-electron chi connectivity index (χ1n) is 3.61. The summed E-state index contributed by atoms with van der Waals surface area (Å²) in [6, 6.07) is 5.52. The highest BCUT2D eigenvalue weighted by molar-refractivity contribution is 7.12. The first-order valence-corrected chi connectivity index (χ1v) is 4.43. The van der Waals surface area contributed by atoms with E-state index in [0.29, 0.717) is 0 Å². The van der Waals surface area contributed by atoms with Crippen LogP contribution in [0, 0.1) is 18.3 Å². The molecular formula is C9H8N2OS. The van der Waals surface area contributed by atoms with Crippen molar-refractivity contribution in [2.24, 2.45) is 5.73 Å². The zero-order chi connectivity index (χ0) is 9.84. The molecule has 0 saturated heterocycles. The standard InChI is InChI=1S/C9H8N2OS/c1-6-2-3-8(13-6)4-7(5-10)9(11)12/h2-4H,1H3,(H2,11,12)/b7-4+. The van der Waals surface area contributed by atoms with Crippen LogP contribution in [0.5, 0.6) is 0 Å². The number of rotatable bonds is 2. The van der Waals surface area contributed by atoms with Gasteiger partial charge in [-0.1, -0.05) is 0 Å². The van der Waals surface area contributed by atoms with E-state index in [1.165, 1.54) is 17.4 Å². The van der Waals surface area contributed by atoms with Crippen molar-refractivity contribution in [2.45, 2.75) is 6.92 Å². The Kier molecular flexibility index (Phi) is 2.83. The Bertz CT molecular complexity index is 398. The fraction of sp³-hybridized carbons (Fsp3) is 0.111. The summed E-state index contributed by atoms with van der Waals surface area (Å²) in [4.78, 5) is 12.7. The van der Waals surface area contributed by atoms with Crippen molar-refractivity contribution < 1.29 is 4.79 Å². The van der Waals surface area contributed by atoms with Gasteiger partial charge in [-0.2, -0.15) is 5.26 Å². The molecule has 1 amide bonds. The van der Waals surface area contributed by atoms with Crippen molar-refractivity contribution in [3.8, 4) is 6.07 Å². The van der Waals surface area contributed by atoms with E-state index < -0.39 is 5.91 Å². The number of hydrogen-bond acceptors (Lipinski definition) is 3. The third-order valence-electron chi connectivity index (χ3n) is 1.43. The van der Waals surface area contributed by atoms with Gasteiger partial charge in [0.25, 0.3) is 5.91 Å². The Balaban J connectivity index is 3.00. The van der Waals surface area contributed by atoms with Gasteiger partial charge in [0.05, 0.1) is 0 Å². The van der Waals surface area contributed by atoms with Crippen LogP contribution >= 0.6 is 11.3 Å². The summed E-state index contributed by atoms with van der Waals surface area (Å²) in [6.07, 6.45) is 1.50. The minimum Gasteiger partial charge on any atom is -0.365 e. The molecule has 66 valence electrons. The maximum absolute atomic E-state index is 10.7. The Labute approximate surface area is 80.1 Å². The molecule has 1 rings (SSSR count). The van der Waals surface area contributed by atoms with E-state index in [-0.39, 0.29) is 5.57 Å². The molecule has 0 aromatic carbocycles. The zero-order valence-electron chi connectivity index (χ0n) is 7.07. The Morgan fingerprint density at radius 3 is 2.77 bits per heavy atom. The molecule has 0 saturated carbocycles. The summed E-state index contributed by atoms with van der Waals surface area (Å²) in [7, 11) is 0. The summed E-state index contributed by atoms with van der Waals surface area (Å²) in [5.74, 6) is -0.687. The lowest BCUT2D eigenvalue weighted by Gasteiger charge is -1.88. The average molecular weight is 192 g/mol. The first kappa shape index (κ1) is 9.49. The lowest BCUT2D eigenvalue weighted by Crippen LogP contribution is -2.12. The number of nitrogens with two attached hydrogens (primary N) is 1. The molecule has 0 radical (unpaired) electrons. The van der Waals surface area contributed by atoms with Gasteiger partial charge in [-0.15, -0.1) is 11.3 Å². The quantitative estimate of drug-likeness (QED) is 0.569. The molecule has 0 bridgehead atoms. The van der Waals surface area contributed by atoms with E-state index >= 15 is 0 Å². The van der Waals surface area contributed by atoms with Crippen LogP contribution in [0.2, 0.25) is 0 Å². The van der Waals surface area contributed by atoms with E-state index in [1.807, 2.05) is 19.1 Å². The lowest BCUT2D eigenvalue weighted by atomic mass is 10.2. The Hall–Kier alpha value is -1.60. The van der Waals surface area contributed by atoms with Gasteiger partial charge in [-0.25, -0.2) is 0 Å². The van der Waals surface area contributed by atoms with Crippen LogP contribution in [0.3, 0.4) is 0 Å². The summed E-state index contributed by atoms with van der Waals surface area (Å²) in [5, 5.41) is 8.55.